The SMILES string of the molecule is C=C(C)C(=O)OCCBr.C=C(C)C(=O)OCCOc1cccc(-c2nnc(-c3cccc(-n4c5ccccc5c5ccccc54)c3)o2)c1.Oc1cccc(-c2nnc(-c3cccc(-n4c5ccccc5c5ccccc54)c3)o2)c1. The Labute approximate surface area is 462 Å². The summed E-state index contributed by atoms with van der Waals surface area (Å²) in [6.45, 7) is 11.0. The van der Waals surface area contributed by atoms with E-state index in [0.717, 1.165) is 50.1 Å². The molecule has 12 rings (SSSR count). The molecule has 4 heterocycles. The maximum absolute atomic E-state index is 11.5. The van der Waals surface area contributed by atoms with Gasteiger partial charge in [0.25, 0.3) is 0 Å². The number of carbonyl (C=O) groups is 2. The molecule has 392 valence electrons. The van der Waals surface area contributed by atoms with Crippen LogP contribution in [0.5, 0.6) is 11.5 Å². The van der Waals surface area contributed by atoms with Gasteiger partial charge in [-0.1, -0.05) is 126 Å². The van der Waals surface area contributed by atoms with E-state index < -0.39 is 5.97 Å². The molecule has 12 aromatic rings. The van der Waals surface area contributed by atoms with Crippen molar-refractivity contribution in [3.8, 4) is 68.7 Å². The van der Waals surface area contributed by atoms with E-state index in [1.807, 2.05) is 54.6 Å². The Morgan fingerprint density at radius 1 is 0.468 bits per heavy atom. The summed E-state index contributed by atoms with van der Waals surface area (Å²) in [6, 6.07) is 63.9. The van der Waals surface area contributed by atoms with Gasteiger partial charge in [-0.2, -0.15) is 0 Å². The topological polar surface area (TPSA) is 170 Å². The molecule has 79 heavy (non-hydrogen) atoms. The number of nitrogens with zero attached hydrogens (tertiary/aromatic N) is 6. The second kappa shape index (κ2) is 24.0. The molecule has 0 atom stereocenters. The van der Waals surface area contributed by atoms with Crippen LogP contribution in [-0.4, -0.2) is 71.7 Å². The molecule has 0 spiro atoms. The Kier molecular flexibility index (Phi) is 16.0. The number of hydrogen-bond acceptors (Lipinski definition) is 12. The van der Waals surface area contributed by atoms with Crippen LogP contribution < -0.4 is 4.74 Å². The van der Waals surface area contributed by atoms with E-state index in [1.165, 1.54) is 21.5 Å². The van der Waals surface area contributed by atoms with Crippen LogP contribution in [0.3, 0.4) is 0 Å². The third-order valence-corrected chi connectivity index (χ3v) is 12.8. The fourth-order valence-corrected chi connectivity index (χ4v) is 9.06. The fraction of sp³-hybridized carbons (Fsp3) is 0.0938. The van der Waals surface area contributed by atoms with E-state index in [4.69, 9.17) is 18.3 Å². The number of aromatic hydroxyl groups is 1. The Morgan fingerprint density at radius 3 is 1.24 bits per heavy atom. The maximum atomic E-state index is 11.5. The highest BCUT2D eigenvalue weighted by atomic mass is 79.9. The Bertz CT molecular complexity index is 4080. The molecule has 0 bridgehead atoms. The normalized spacial score (nSPS) is 10.9. The van der Waals surface area contributed by atoms with Crippen LogP contribution >= 0.6 is 15.9 Å². The van der Waals surface area contributed by atoms with E-state index in [0.29, 0.717) is 58.0 Å². The second-order valence-electron chi connectivity index (χ2n) is 18.1. The lowest BCUT2D eigenvalue weighted by Gasteiger charge is -2.09. The van der Waals surface area contributed by atoms with E-state index in [-0.39, 0.29) is 24.9 Å². The summed E-state index contributed by atoms with van der Waals surface area (Å²) < 4.78 is 31.9. The number of fused-ring (bicyclic) bond motifs is 6. The minimum atomic E-state index is -0.437. The summed E-state index contributed by atoms with van der Waals surface area (Å²) in [5.41, 5.74) is 10.4. The number of phenols is 1. The average molecular weight is 1110 g/mol. The standard InChI is InChI=1S/C32H25N3O4.C26H17N3O2.C6H9BrO2/c1-21(2)32(36)38-18-17-37-25-12-8-10-23(20-25)31-34-33-30(39-31)22-9-7-11-24(19-22)35-28-15-5-3-13-26(28)27-14-4-6-16-29(27)35;30-20-10-6-8-18(16-20)26-28-27-25(31-26)17-7-5-9-19(15-17)29-23-13-3-1-11-21(23)22-12-2-4-14-24(22)29;1-5(2)6(8)9-4-3-7/h3-16,19-20H,1,17-18H2,2H3;1-16,30H;1,3-4H2,2H3. The predicted octanol–water partition coefficient (Wildman–Crippen LogP) is 14.7. The van der Waals surface area contributed by atoms with Gasteiger partial charge in [-0.25, -0.2) is 9.59 Å². The van der Waals surface area contributed by atoms with Gasteiger partial charge in [0.1, 0.15) is 31.3 Å². The molecule has 14 nitrogen and oxygen atoms in total. The number of rotatable bonds is 14. The third kappa shape index (κ3) is 11.8. The molecule has 0 unspecified atom stereocenters. The van der Waals surface area contributed by atoms with Crippen molar-refractivity contribution in [2.24, 2.45) is 0 Å². The lowest BCUT2D eigenvalue weighted by Crippen LogP contribution is -2.12. The third-order valence-electron chi connectivity index (χ3n) is 12.5. The average Bonchev–Trinajstić information content (AvgIpc) is 4.39. The predicted molar refractivity (Wildman–Crippen MR) is 312 cm³/mol. The van der Waals surface area contributed by atoms with Gasteiger partial charge in [0.15, 0.2) is 0 Å². The van der Waals surface area contributed by atoms with Crippen molar-refractivity contribution >= 4 is 71.5 Å². The molecule has 15 heteroatoms. The van der Waals surface area contributed by atoms with Gasteiger partial charge in [0.2, 0.25) is 23.6 Å². The smallest absolute Gasteiger partial charge is 0.333 e. The van der Waals surface area contributed by atoms with E-state index in [9.17, 15) is 14.7 Å². The molecule has 0 saturated carbocycles. The quantitative estimate of drug-likeness (QED) is 0.0474. The molecule has 0 fully saturated rings. The van der Waals surface area contributed by atoms with Crippen molar-refractivity contribution in [2.75, 3.05) is 25.2 Å². The van der Waals surface area contributed by atoms with E-state index in [1.54, 1.807) is 32.0 Å². The van der Waals surface area contributed by atoms with Crippen LogP contribution in [0.25, 0.3) is 101 Å². The number of phenolic OH excluding ortho intramolecular Hbond substituents is 1. The van der Waals surface area contributed by atoms with Crippen LogP contribution in [0.2, 0.25) is 0 Å². The van der Waals surface area contributed by atoms with Gasteiger partial charge in [0.05, 0.1) is 22.1 Å². The molecule has 0 saturated heterocycles. The number of halogens is 1. The first-order valence-electron chi connectivity index (χ1n) is 25.1. The fourth-order valence-electron chi connectivity index (χ4n) is 8.90. The number of alkyl halides is 1. The van der Waals surface area contributed by atoms with Gasteiger partial charge in [0, 0.05) is 71.6 Å². The molecular formula is C64H51BrN6O8. The zero-order valence-electron chi connectivity index (χ0n) is 43.1. The molecule has 0 aliphatic rings. The largest absolute Gasteiger partial charge is 0.508 e. The highest BCUT2D eigenvalue weighted by Crippen LogP contribution is 2.36. The molecule has 0 radical (unpaired) electrons. The zero-order valence-corrected chi connectivity index (χ0v) is 44.7. The summed E-state index contributed by atoms with van der Waals surface area (Å²) >= 11 is 3.12. The van der Waals surface area contributed by atoms with Crippen molar-refractivity contribution in [1.82, 2.24) is 29.5 Å². The minimum absolute atomic E-state index is 0.128. The summed E-state index contributed by atoms with van der Waals surface area (Å²) in [4.78, 5) is 22.1. The molecule has 0 aliphatic carbocycles. The molecular weight excluding hydrogens is 1060 g/mol. The first-order valence-corrected chi connectivity index (χ1v) is 26.3. The first kappa shape index (κ1) is 52.6. The molecule has 0 aliphatic heterocycles. The number of carbonyl (C=O) groups excluding carboxylic acids is 2. The van der Waals surface area contributed by atoms with Crippen molar-refractivity contribution in [3.63, 3.8) is 0 Å². The zero-order chi connectivity index (χ0) is 54.8. The van der Waals surface area contributed by atoms with Gasteiger partial charge in [-0.3, -0.25) is 0 Å². The van der Waals surface area contributed by atoms with Crippen LogP contribution in [0, 0.1) is 0 Å². The molecule has 1 N–H and O–H groups in total. The van der Waals surface area contributed by atoms with Crippen LogP contribution in [-0.2, 0) is 19.1 Å². The summed E-state index contributed by atoms with van der Waals surface area (Å²) in [5.74, 6) is 1.60. The number of esters is 2. The molecule has 8 aromatic carbocycles. The summed E-state index contributed by atoms with van der Waals surface area (Å²) in [5, 5.41) is 32.2. The molecule has 4 aromatic heterocycles. The van der Waals surface area contributed by atoms with Crippen LogP contribution in [0.4, 0.5) is 0 Å². The van der Waals surface area contributed by atoms with Crippen LogP contribution in [0.15, 0.2) is 227 Å². The monoisotopic (exact) mass is 1110 g/mol. The Morgan fingerprint density at radius 2 is 0.835 bits per heavy atom. The minimum Gasteiger partial charge on any atom is -0.508 e. The number of hydrogen-bond donors (Lipinski definition) is 1. The highest BCUT2D eigenvalue weighted by Gasteiger charge is 2.18. The summed E-state index contributed by atoms with van der Waals surface area (Å²) in [6.07, 6.45) is 0. The Hall–Kier alpha value is -9.86. The Balaban J connectivity index is 0.000000157. The van der Waals surface area contributed by atoms with Crippen molar-refractivity contribution in [2.45, 2.75) is 13.8 Å². The van der Waals surface area contributed by atoms with Gasteiger partial charge >= 0.3 is 11.9 Å². The van der Waals surface area contributed by atoms with Crippen LogP contribution in [0.1, 0.15) is 13.8 Å². The highest BCUT2D eigenvalue weighted by molar-refractivity contribution is 9.09. The van der Waals surface area contributed by atoms with Crippen molar-refractivity contribution < 1.29 is 37.7 Å². The van der Waals surface area contributed by atoms with Gasteiger partial charge < -0.3 is 37.3 Å². The maximum Gasteiger partial charge on any atom is 0.333 e. The van der Waals surface area contributed by atoms with E-state index in [2.05, 4.69) is 185 Å². The number of para-hydroxylation sites is 4. The number of benzene rings is 8. The van der Waals surface area contributed by atoms with Crippen molar-refractivity contribution in [1.29, 1.82) is 0 Å². The van der Waals surface area contributed by atoms with Gasteiger partial charge in [-0.15, -0.1) is 20.4 Å². The summed E-state index contributed by atoms with van der Waals surface area (Å²) in [7, 11) is 0. The number of ether oxygens (including phenoxy) is 3. The number of aromatic nitrogens is 6. The second-order valence-corrected chi connectivity index (χ2v) is 18.9. The van der Waals surface area contributed by atoms with E-state index >= 15 is 0 Å². The first-order chi connectivity index (χ1) is 38.5. The van der Waals surface area contributed by atoms with Crippen molar-refractivity contribution in [3.05, 3.63) is 218 Å². The van der Waals surface area contributed by atoms with Gasteiger partial charge in [-0.05, 0) is 111 Å². The lowest BCUT2D eigenvalue weighted by atomic mass is 10.2. The molecule has 0 amide bonds. The lowest BCUT2D eigenvalue weighted by molar-refractivity contribution is -0.140.